The summed E-state index contributed by atoms with van der Waals surface area (Å²) < 4.78 is 6.53. The van der Waals surface area contributed by atoms with Crippen LogP contribution in [0, 0.1) is 12.1 Å². The highest BCUT2D eigenvalue weighted by Crippen LogP contribution is 2.40. The molecular formula is C21H23NO4. The van der Waals surface area contributed by atoms with E-state index in [9.17, 15) is 14.8 Å². The Bertz CT molecular complexity index is 873. The molecule has 1 aromatic heterocycles. The SMILES string of the molecule is Cc1ccc(-c2cccc[n+]2[O-])cc1C1C(=O)C(C)(C)OC(C)(C)C1=O. The molecule has 0 unspecified atom stereocenters. The molecule has 0 spiro atoms. The predicted octanol–water partition coefficient (Wildman–Crippen LogP) is 3.10. The van der Waals surface area contributed by atoms with Gasteiger partial charge in [-0.2, -0.15) is 4.73 Å². The second kappa shape index (κ2) is 6.02. The molecule has 1 saturated heterocycles. The van der Waals surface area contributed by atoms with Gasteiger partial charge in [-0.1, -0.05) is 6.07 Å². The summed E-state index contributed by atoms with van der Waals surface area (Å²) in [7, 11) is 0. The van der Waals surface area contributed by atoms with Crippen molar-refractivity contribution in [1.82, 2.24) is 0 Å². The van der Waals surface area contributed by atoms with Crippen LogP contribution in [0.25, 0.3) is 11.3 Å². The summed E-state index contributed by atoms with van der Waals surface area (Å²) in [4.78, 5) is 26.0. The smallest absolute Gasteiger partial charge is 0.223 e. The molecule has 0 aliphatic carbocycles. The Morgan fingerprint density at radius 1 is 1.00 bits per heavy atom. The Kier molecular flexibility index (Phi) is 4.23. The Balaban J connectivity index is 2.16. The second-order valence-corrected chi connectivity index (χ2v) is 7.77. The number of ether oxygens (including phenoxy) is 1. The van der Waals surface area contributed by atoms with Crippen molar-refractivity contribution < 1.29 is 19.1 Å². The highest BCUT2D eigenvalue weighted by Gasteiger charge is 2.53. The number of aromatic nitrogens is 1. The van der Waals surface area contributed by atoms with Crippen LogP contribution in [0.4, 0.5) is 0 Å². The molecule has 2 aromatic rings. The Labute approximate surface area is 153 Å². The van der Waals surface area contributed by atoms with Gasteiger partial charge < -0.3 is 9.94 Å². The van der Waals surface area contributed by atoms with E-state index in [2.05, 4.69) is 0 Å². The average Bonchev–Trinajstić information content (AvgIpc) is 2.55. The molecular weight excluding hydrogens is 330 g/mol. The number of hydrogen-bond acceptors (Lipinski definition) is 4. The van der Waals surface area contributed by atoms with Gasteiger partial charge in [0.25, 0.3) is 0 Å². The van der Waals surface area contributed by atoms with Gasteiger partial charge in [0.2, 0.25) is 5.69 Å². The molecule has 136 valence electrons. The van der Waals surface area contributed by atoms with Gasteiger partial charge in [-0.05, 0) is 63.9 Å². The van der Waals surface area contributed by atoms with Crippen LogP contribution in [0.1, 0.15) is 44.7 Å². The van der Waals surface area contributed by atoms with Gasteiger partial charge in [-0.25, -0.2) is 0 Å². The van der Waals surface area contributed by atoms with Gasteiger partial charge in [0.1, 0.15) is 17.1 Å². The number of aryl methyl sites for hydroxylation is 1. The lowest BCUT2D eigenvalue weighted by atomic mass is 9.74. The number of Topliss-reactive ketones (excluding diaryl/α,β-unsaturated/α-hetero) is 2. The lowest BCUT2D eigenvalue weighted by molar-refractivity contribution is -0.593. The minimum Gasteiger partial charge on any atom is -0.618 e. The van der Waals surface area contributed by atoms with Crippen molar-refractivity contribution in [2.24, 2.45) is 0 Å². The molecule has 1 aliphatic heterocycles. The molecule has 0 amide bonds. The minimum atomic E-state index is -1.06. The first-order valence-electron chi connectivity index (χ1n) is 8.62. The molecule has 5 heteroatoms. The van der Waals surface area contributed by atoms with E-state index in [-0.39, 0.29) is 11.6 Å². The topological polar surface area (TPSA) is 70.3 Å². The number of benzene rings is 1. The number of nitrogens with zero attached hydrogens (tertiary/aromatic N) is 1. The monoisotopic (exact) mass is 353 g/mol. The fourth-order valence-corrected chi connectivity index (χ4v) is 3.60. The summed E-state index contributed by atoms with van der Waals surface area (Å²) in [5.74, 6) is -1.42. The zero-order valence-corrected chi connectivity index (χ0v) is 15.7. The first kappa shape index (κ1) is 18.3. The van der Waals surface area contributed by atoms with E-state index in [4.69, 9.17) is 4.74 Å². The van der Waals surface area contributed by atoms with Crippen LogP contribution < -0.4 is 4.73 Å². The number of carbonyl (C=O) groups excluding carboxylic acids is 2. The number of ketones is 2. The summed E-state index contributed by atoms with van der Waals surface area (Å²) in [5.41, 5.74) is 0.488. The van der Waals surface area contributed by atoms with E-state index >= 15 is 0 Å². The first-order chi connectivity index (χ1) is 12.0. The van der Waals surface area contributed by atoms with Crippen LogP contribution in [0.2, 0.25) is 0 Å². The van der Waals surface area contributed by atoms with Gasteiger partial charge in [0.05, 0.1) is 0 Å². The van der Waals surface area contributed by atoms with E-state index in [0.717, 1.165) is 10.3 Å². The number of rotatable bonds is 2. The molecule has 2 heterocycles. The Morgan fingerprint density at radius 2 is 1.62 bits per heavy atom. The highest BCUT2D eigenvalue weighted by atomic mass is 16.5. The van der Waals surface area contributed by atoms with E-state index in [1.54, 1.807) is 52.0 Å². The van der Waals surface area contributed by atoms with Crippen molar-refractivity contribution in [1.29, 1.82) is 0 Å². The summed E-state index contributed by atoms with van der Waals surface area (Å²) in [6.45, 7) is 8.64. The van der Waals surface area contributed by atoms with Crippen LogP contribution in [0.3, 0.4) is 0 Å². The zero-order chi connectivity index (χ0) is 19.3. The van der Waals surface area contributed by atoms with Gasteiger partial charge in [-0.15, -0.1) is 0 Å². The largest absolute Gasteiger partial charge is 0.618 e. The Morgan fingerprint density at radius 3 is 2.19 bits per heavy atom. The van der Waals surface area contributed by atoms with E-state index < -0.39 is 17.1 Å². The quantitative estimate of drug-likeness (QED) is 0.472. The van der Waals surface area contributed by atoms with Gasteiger partial charge in [0.15, 0.2) is 17.8 Å². The van der Waals surface area contributed by atoms with E-state index in [1.165, 1.54) is 6.20 Å². The van der Waals surface area contributed by atoms with Crippen LogP contribution in [-0.4, -0.2) is 22.8 Å². The fraction of sp³-hybridized carbons (Fsp3) is 0.381. The Hall–Kier alpha value is -2.53. The van der Waals surface area contributed by atoms with Gasteiger partial charge in [0, 0.05) is 17.7 Å². The number of hydrogen-bond donors (Lipinski definition) is 0. The first-order valence-corrected chi connectivity index (χ1v) is 8.62. The predicted molar refractivity (Wildman–Crippen MR) is 97.6 cm³/mol. The minimum absolute atomic E-state index is 0.259. The molecule has 0 radical (unpaired) electrons. The van der Waals surface area contributed by atoms with Crippen molar-refractivity contribution in [2.75, 3.05) is 0 Å². The third kappa shape index (κ3) is 2.92. The molecule has 5 nitrogen and oxygen atoms in total. The maximum Gasteiger partial charge on any atom is 0.223 e. The van der Waals surface area contributed by atoms with Gasteiger partial charge >= 0.3 is 0 Å². The maximum absolute atomic E-state index is 13.0. The maximum atomic E-state index is 13.0. The van der Waals surface area contributed by atoms with E-state index in [1.807, 2.05) is 19.1 Å². The molecule has 26 heavy (non-hydrogen) atoms. The lowest BCUT2D eigenvalue weighted by Crippen LogP contribution is -2.58. The van der Waals surface area contributed by atoms with Crippen LogP contribution in [0.5, 0.6) is 0 Å². The molecule has 3 rings (SSSR count). The molecule has 0 saturated carbocycles. The van der Waals surface area contributed by atoms with Crippen LogP contribution in [-0.2, 0) is 14.3 Å². The summed E-state index contributed by atoms with van der Waals surface area (Å²) in [6, 6.07) is 10.6. The molecule has 0 atom stereocenters. The molecule has 0 bridgehead atoms. The highest BCUT2D eigenvalue weighted by molar-refractivity contribution is 6.15. The van der Waals surface area contributed by atoms with Crippen molar-refractivity contribution in [3.05, 3.63) is 58.9 Å². The van der Waals surface area contributed by atoms with E-state index in [0.29, 0.717) is 16.8 Å². The normalized spacial score (nSPS) is 19.6. The third-order valence-electron chi connectivity index (χ3n) is 4.93. The lowest BCUT2D eigenvalue weighted by Gasteiger charge is -2.43. The summed E-state index contributed by atoms with van der Waals surface area (Å²) in [6.07, 6.45) is 1.42. The third-order valence-corrected chi connectivity index (χ3v) is 4.93. The second-order valence-electron chi connectivity index (χ2n) is 7.77. The molecule has 1 fully saturated rings. The van der Waals surface area contributed by atoms with Crippen molar-refractivity contribution >= 4 is 11.6 Å². The van der Waals surface area contributed by atoms with Gasteiger partial charge in [-0.3, -0.25) is 9.59 Å². The zero-order valence-electron chi connectivity index (χ0n) is 15.7. The molecule has 0 N–H and O–H groups in total. The molecule has 1 aromatic carbocycles. The van der Waals surface area contributed by atoms with Crippen molar-refractivity contribution in [3.8, 4) is 11.3 Å². The summed E-state index contributed by atoms with van der Waals surface area (Å²) in [5, 5.41) is 12.1. The average molecular weight is 353 g/mol. The van der Waals surface area contributed by atoms with Crippen molar-refractivity contribution in [3.63, 3.8) is 0 Å². The number of pyridine rings is 1. The standard InChI is InChI=1S/C21H23NO4/c1-13-9-10-14(16-8-6-7-11-22(16)25)12-15(13)17-18(23)20(2,3)26-21(4,5)19(17)24/h6-12,17H,1-5H3. The fourth-order valence-electron chi connectivity index (χ4n) is 3.60. The van der Waals surface area contributed by atoms with Crippen LogP contribution in [0.15, 0.2) is 42.6 Å². The summed E-state index contributed by atoms with van der Waals surface area (Å²) >= 11 is 0. The number of carbonyl (C=O) groups is 2. The van der Waals surface area contributed by atoms with Crippen LogP contribution >= 0.6 is 0 Å². The van der Waals surface area contributed by atoms with Crippen molar-refractivity contribution in [2.45, 2.75) is 51.7 Å². The molecule has 1 aliphatic rings.